The van der Waals surface area contributed by atoms with Crippen molar-refractivity contribution in [3.8, 4) is 11.3 Å². The highest BCUT2D eigenvalue weighted by molar-refractivity contribution is 5.94. The first-order chi connectivity index (χ1) is 17.4. The third kappa shape index (κ3) is 5.29. The summed E-state index contributed by atoms with van der Waals surface area (Å²) in [5.74, 6) is -2.50. The lowest BCUT2D eigenvalue weighted by Gasteiger charge is -2.43. The summed E-state index contributed by atoms with van der Waals surface area (Å²) in [6.07, 6.45) is 6.56. The Kier molecular flexibility index (Phi) is 7.34. The topological polar surface area (TPSA) is 98.9 Å². The second-order valence-corrected chi connectivity index (χ2v) is 10.2. The Balaban J connectivity index is 1.31. The van der Waals surface area contributed by atoms with Gasteiger partial charge >= 0.3 is 0 Å². The molecule has 2 saturated heterocycles. The van der Waals surface area contributed by atoms with Crippen LogP contribution in [0.1, 0.15) is 55.4 Å². The highest BCUT2D eigenvalue weighted by Crippen LogP contribution is 2.30. The zero-order valence-corrected chi connectivity index (χ0v) is 20.2. The molecule has 1 unspecified atom stereocenters. The van der Waals surface area contributed by atoms with Gasteiger partial charge < -0.3 is 19.8 Å². The number of hydrogen-bond donors (Lipinski definition) is 2. The average molecular weight is 503 g/mol. The standard InChI is InChI=1S/C26H32F2N4O4/c27-16-6-7-19(21(28)12-16)24-13-23(30-36-24)25(34)29-22-9-11-31(17-4-2-1-3-5-17)15-20(22)26(35)32-10-8-18(33)14-32/h6-7,12-13,17-18,20,22,33H,1-5,8-11,14-15H2,(H,29,34)/t18?,20-,22-/m1/s1. The zero-order chi connectivity index (χ0) is 25.2. The third-order valence-electron chi connectivity index (χ3n) is 7.78. The van der Waals surface area contributed by atoms with Gasteiger partial charge in [-0.1, -0.05) is 24.4 Å². The van der Waals surface area contributed by atoms with E-state index in [0.29, 0.717) is 38.5 Å². The number of β-amino-alcohol motifs (C(OH)–C–C–N with tert-alkyl or cyclic N) is 1. The van der Waals surface area contributed by atoms with Gasteiger partial charge in [0.2, 0.25) is 5.91 Å². The first-order valence-electron chi connectivity index (χ1n) is 12.8. The Morgan fingerprint density at radius 1 is 1.03 bits per heavy atom. The van der Waals surface area contributed by atoms with Crippen molar-refractivity contribution in [3.63, 3.8) is 0 Å². The van der Waals surface area contributed by atoms with E-state index in [9.17, 15) is 23.5 Å². The predicted octanol–water partition coefficient (Wildman–Crippen LogP) is 2.97. The quantitative estimate of drug-likeness (QED) is 0.653. The summed E-state index contributed by atoms with van der Waals surface area (Å²) in [5.41, 5.74) is -0.0318. The molecule has 0 bridgehead atoms. The maximum absolute atomic E-state index is 14.1. The van der Waals surface area contributed by atoms with Crippen molar-refractivity contribution in [2.45, 2.75) is 63.1 Å². The number of carbonyl (C=O) groups excluding carboxylic acids is 2. The molecule has 2 aromatic rings. The molecule has 1 aromatic heterocycles. The number of hydrogen-bond acceptors (Lipinski definition) is 6. The van der Waals surface area contributed by atoms with E-state index < -0.39 is 35.6 Å². The molecule has 2 amide bonds. The second-order valence-electron chi connectivity index (χ2n) is 10.2. The van der Waals surface area contributed by atoms with Gasteiger partial charge in [-0.3, -0.25) is 14.5 Å². The Hall–Kier alpha value is -2.85. The van der Waals surface area contributed by atoms with Crippen molar-refractivity contribution in [2.75, 3.05) is 26.2 Å². The van der Waals surface area contributed by atoms with E-state index in [1.165, 1.54) is 31.4 Å². The number of aliphatic hydroxyl groups excluding tert-OH is 1. The van der Waals surface area contributed by atoms with Crippen LogP contribution in [0.2, 0.25) is 0 Å². The van der Waals surface area contributed by atoms with Gasteiger partial charge in [-0.15, -0.1) is 0 Å². The van der Waals surface area contributed by atoms with Gasteiger partial charge in [0, 0.05) is 50.4 Å². The smallest absolute Gasteiger partial charge is 0.273 e. The van der Waals surface area contributed by atoms with Gasteiger partial charge in [-0.25, -0.2) is 8.78 Å². The molecule has 36 heavy (non-hydrogen) atoms. The van der Waals surface area contributed by atoms with E-state index in [2.05, 4.69) is 15.4 Å². The Bertz CT molecular complexity index is 1100. The highest BCUT2D eigenvalue weighted by atomic mass is 19.1. The van der Waals surface area contributed by atoms with Gasteiger partial charge in [-0.2, -0.15) is 0 Å². The molecule has 0 radical (unpaired) electrons. The molecule has 3 fully saturated rings. The molecule has 1 saturated carbocycles. The summed E-state index contributed by atoms with van der Waals surface area (Å²) >= 11 is 0. The molecule has 1 aliphatic carbocycles. The van der Waals surface area contributed by atoms with Gasteiger partial charge in [0.25, 0.3) is 5.91 Å². The summed E-state index contributed by atoms with van der Waals surface area (Å²) < 4.78 is 32.5. The Morgan fingerprint density at radius 2 is 1.83 bits per heavy atom. The summed E-state index contributed by atoms with van der Waals surface area (Å²) in [6.45, 7) is 2.17. The second kappa shape index (κ2) is 10.6. The number of likely N-dealkylation sites (tertiary alicyclic amines) is 2. The van der Waals surface area contributed by atoms with Crippen molar-refractivity contribution >= 4 is 11.8 Å². The van der Waals surface area contributed by atoms with Crippen LogP contribution in [0.5, 0.6) is 0 Å². The third-order valence-corrected chi connectivity index (χ3v) is 7.78. The molecule has 10 heteroatoms. The minimum absolute atomic E-state index is 0.00406. The van der Waals surface area contributed by atoms with Crippen LogP contribution in [0.3, 0.4) is 0 Å². The van der Waals surface area contributed by atoms with Crippen molar-refractivity contribution in [1.29, 1.82) is 0 Å². The number of aromatic nitrogens is 1. The fourth-order valence-corrected chi connectivity index (χ4v) is 5.80. The number of carbonyl (C=O) groups is 2. The lowest BCUT2D eigenvalue weighted by molar-refractivity contribution is -0.138. The van der Waals surface area contributed by atoms with Crippen molar-refractivity contribution in [1.82, 2.24) is 20.3 Å². The van der Waals surface area contributed by atoms with E-state index in [1.54, 1.807) is 4.90 Å². The summed E-state index contributed by atoms with van der Waals surface area (Å²) in [5, 5.41) is 16.7. The van der Waals surface area contributed by atoms with Crippen LogP contribution in [0.25, 0.3) is 11.3 Å². The van der Waals surface area contributed by atoms with E-state index in [1.807, 2.05) is 0 Å². The van der Waals surface area contributed by atoms with Gasteiger partial charge in [0.05, 0.1) is 17.6 Å². The molecule has 5 rings (SSSR count). The lowest BCUT2D eigenvalue weighted by Crippen LogP contribution is -2.58. The van der Waals surface area contributed by atoms with Crippen molar-refractivity contribution < 1.29 is 28.0 Å². The van der Waals surface area contributed by atoms with Gasteiger partial charge in [0.1, 0.15) is 11.6 Å². The number of benzene rings is 1. The Labute approximate surface area is 208 Å². The molecule has 194 valence electrons. The summed E-state index contributed by atoms with van der Waals surface area (Å²) in [4.78, 5) is 30.6. The summed E-state index contributed by atoms with van der Waals surface area (Å²) in [6, 6.07) is 4.45. The molecule has 0 spiro atoms. The van der Waals surface area contributed by atoms with Crippen LogP contribution in [0, 0.1) is 17.6 Å². The average Bonchev–Trinajstić information content (AvgIpc) is 3.54. The maximum Gasteiger partial charge on any atom is 0.273 e. The van der Waals surface area contributed by atoms with Crippen LogP contribution in [-0.4, -0.2) is 76.2 Å². The minimum atomic E-state index is -0.813. The van der Waals surface area contributed by atoms with Crippen LogP contribution >= 0.6 is 0 Å². The van der Waals surface area contributed by atoms with E-state index in [-0.39, 0.29) is 22.9 Å². The predicted molar refractivity (Wildman–Crippen MR) is 127 cm³/mol. The molecular weight excluding hydrogens is 470 g/mol. The monoisotopic (exact) mass is 502 g/mol. The van der Waals surface area contributed by atoms with Gasteiger partial charge in [-0.05, 0) is 37.8 Å². The normalized spacial score (nSPS) is 25.8. The first kappa shape index (κ1) is 24.8. The number of halogens is 2. The largest absolute Gasteiger partial charge is 0.391 e. The van der Waals surface area contributed by atoms with Crippen LogP contribution < -0.4 is 5.32 Å². The summed E-state index contributed by atoms with van der Waals surface area (Å²) in [7, 11) is 0. The van der Waals surface area contributed by atoms with E-state index in [0.717, 1.165) is 31.5 Å². The molecule has 2 aliphatic heterocycles. The number of rotatable bonds is 5. The zero-order valence-electron chi connectivity index (χ0n) is 20.2. The molecule has 3 atom stereocenters. The molecule has 2 N–H and O–H groups in total. The SMILES string of the molecule is O=C(N[C@@H]1CCN(C2CCCCC2)C[C@H]1C(=O)N1CCC(O)C1)c1cc(-c2ccc(F)cc2F)on1. The minimum Gasteiger partial charge on any atom is -0.391 e. The highest BCUT2D eigenvalue weighted by Gasteiger charge is 2.41. The van der Waals surface area contributed by atoms with E-state index in [4.69, 9.17) is 4.52 Å². The van der Waals surface area contributed by atoms with Crippen LogP contribution in [-0.2, 0) is 4.79 Å². The maximum atomic E-state index is 14.1. The molecule has 3 heterocycles. The first-order valence-corrected chi connectivity index (χ1v) is 12.8. The number of aliphatic hydroxyl groups is 1. The Morgan fingerprint density at radius 3 is 2.56 bits per heavy atom. The number of nitrogens with zero attached hydrogens (tertiary/aromatic N) is 3. The number of nitrogens with one attached hydrogen (secondary N) is 1. The van der Waals surface area contributed by atoms with Crippen LogP contribution in [0.15, 0.2) is 28.8 Å². The molecular formula is C26H32F2N4O4. The fourth-order valence-electron chi connectivity index (χ4n) is 5.80. The number of amides is 2. The molecule has 3 aliphatic rings. The van der Waals surface area contributed by atoms with Gasteiger partial charge in [0.15, 0.2) is 11.5 Å². The number of piperidine rings is 1. The fraction of sp³-hybridized carbons (Fsp3) is 0.577. The lowest BCUT2D eigenvalue weighted by atomic mass is 9.86. The van der Waals surface area contributed by atoms with Crippen molar-refractivity contribution in [3.05, 3.63) is 41.6 Å². The van der Waals surface area contributed by atoms with E-state index >= 15 is 0 Å². The van der Waals surface area contributed by atoms with Crippen LogP contribution in [0.4, 0.5) is 8.78 Å². The molecule has 8 nitrogen and oxygen atoms in total. The molecule has 1 aromatic carbocycles. The van der Waals surface area contributed by atoms with Crippen molar-refractivity contribution in [2.24, 2.45) is 5.92 Å².